The molecule has 0 aliphatic heterocycles. The van der Waals surface area contributed by atoms with Gasteiger partial charge in [0.15, 0.2) is 9.79 Å². The monoisotopic (exact) mass is 245 g/mol. The van der Waals surface area contributed by atoms with Gasteiger partial charge in [-0.3, -0.25) is 0 Å². The van der Waals surface area contributed by atoms with Gasteiger partial charge in [0.25, 0.3) is 0 Å². The Balaban J connectivity index is 2.45. The number of hydrogen-bond acceptors (Lipinski definition) is 1. The molecule has 0 unspecified atom stereocenters. The van der Waals surface area contributed by atoms with E-state index in [1.807, 2.05) is 68.6 Å². The Kier molecular flexibility index (Phi) is 3.16. The second-order valence-electron chi connectivity index (χ2n) is 4.47. The third-order valence-electron chi connectivity index (χ3n) is 2.94. The van der Waals surface area contributed by atoms with E-state index in [-0.39, 0.29) is 0 Å². The van der Waals surface area contributed by atoms with Crippen molar-refractivity contribution in [3.05, 3.63) is 59.7 Å². The molecule has 0 heterocycles. The Hall–Kier alpha value is -1.41. The number of rotatable bonds is 2. The van der Waals surface area contributed by atoms with Crippen molar-refractivity contribution < 1.29 is 4.21 Å². The maximum atomic E-state index is 12.8. The fraction of sp³-hybridized carbons (Fsp3) is 0.200. The second-order valence-corrected chi connectivity index (χ2v) is 7.10. The van der Waals surface area contributed by atoms with Crippen molar-refractivity contribution in [2.75, 3.05) is 6.26 Å². The molecule has 2 aromatic carbocycles. The molecule has 2 aromatic rings. The van der Waals surface area contributed by atoms with Crippen molar-refractivity contribution >= 4 is 9.93 Å². The zero-order chi connectivity index (χ0) is 12.5. The van der Waals surface area contributed by atoms with E-state index in [1.165, 1.54) is 11.1 Å². The van der Waals surface area contributed by atoms with E-state index in [4.69, 9.17) is 0 Å². The van der Waals surface area contributed by atoms with Gasteiger partial charge >= 0.3 is 0 Å². The van der Waals surface area contributed by atoms with Crippen LogP contribution in [0.3, 0.4) is 0 Å². The van der Waals surface area contributed by atoms with Gasteiger partial charge < -0.3 is 0 Å². The minimum absolute atomic E-state index is 0.895. The van der Waals surface area contributed by atoms with Crippen molar-refractivity contribution in [3.63, 3.8) is 0 Å². The lowest BCUT2D eigenvalue weighted by Gasteiger charge is -2.07. The highest BCUT2D eigenvalue weighted by atomic mass is 32.2. The molecule has 0 aliphatic rings. The summed E-state index contributed by atoms with van der Waals surface area (Å²) in [6.07, 6.45) is 1.81. The Bertz CT molecular complexity index is 503. The fourth-order valence-electron chi connectivity index (χ4n) is 1.73. The third kappa shape index (κ3) is 2.47. The predicted molar refractivity (Wildman–Crippen MR) is 72.9 cm³/mol. The van der Waals surface area contributed by atoms with Crippen LogP contribution in [0.5, 0.6) is 0 Å². The molecule has 0 saturated heterocycles. The first-order valence-electron chi connectivity index (χ1n) is 5.63. The fourth-order valence-corrected chi connectivity index (χ4v) is 3.32. The molecule has 0 amide bonds. The van der Waals surface area contributed by atoms with E-state index in [9.17, 15) is 4.21 Å². The van der Waals surface area contributed by atoms with Crippen LogP contribution >= 0.6 is 0 Å². The third-order valence-corrected chi connectivity index (χ3v) is 5.28. The Morgan fingerprint density at radius 3 is 1.29 bits per heavy atom. The van der Waals surface area contributed by atoms with Crippen LogP contribution in [-0.2, 0) is 14.1 Å². The molecule has 17 heavy (non-hydrogen) atoms. The quantitative estimate of drug-likeness (QED) is 0.734. The summed E-state index contributed by atoms with van der Waals surface area (Å²) >= 11 is 0. The van der Waals surface area contributed by atoms with Crippen molar-refractivity contribution in [2.24, 2.45) is 0 Å². The molecule has 0 N–H and O–H groups in total. The average molecular weight is 245 g/mol. The SMILES string of the molecule is Cc1ccc([S+](C)(=O)c2ccc(C)cc2)cc1. The molecule has 0 atom stereocenters. The molecule has 88 valence electrons. The summed E-state index contributed by atoms with van der Waals surface area (Å²) in [5.74, 6) is 0. The molecule has 0 aliphatic carbocycles. The molecule has 2 heteroatoms. The highest BCUT2D eigenvalue weighted by molar-refractivity contribution is 8.02. The van der Waals surface area contributed by atoms with Gasteiger partial charge in [0.1, 0.15) is 16.2 Å². The van der Waals surface area contributed by atoms with E-state index in [1.54, 1.807) is 0 Å². The maximum Gasteiger partial charge on any atom is 0.163 e. The lowest BCUT2D eigenvalue weighted by Crippen LogP contribution is -2.09. The summed E-state index contributed by atoms with van der Waals surface area (Å²) < 4.78 is 12.8. The Labute approximate surface area is 104 Å². The number of hydrogen-bond donors (Lipinski definition) is 0. The van der Waals surface area contributed by atoms with Gasteiger partial charge in [-0.25, -0.2) is 0 Å². The average Bonchev–Trinajstić information content (AvgIpc) is 2.30. The lowest BCUT2D eigenvalue weighted by molar-refractivity contribution is 0.587. The van der Waals surface area contributed by atoms with Crippen molar-refractivity contribution in [3.8, 4) is 0 Å². The topological polar surface area (TPSA) is 17.1 Å². The smallest absolute Gasteiger partial charge is 0.0939 e. The number of benzene rings is 2. The molecule has 2 rings (SSSR count). The van der Waals surface area contributed by atoms with E-state index in [2.05, 4.69) is 0 Å². The van der Waals surface area contributed by atoms with Gasteiger partial charge in [-0.2, -0.15) is 0 Å². The molecule has 0 fully saturated rings. The summed E-state index contributed by atoms with van der Waals surface area (Å²) in [6.45, 7) is 4.07. The Morgan fingerprint density at radius 2 is 1.00 bits per heavy atom. The summed E-state index contributed by atoms with van der Waals surface area (Å²) in [7, 11) is -2.12. The van der Waals surface area contributed by atoms with Crippen LogP contribution in [0.2, 0.25) is 0 Å². The van der Waals surface area contributed by atoms with Gasteiger partial charge in [0.05, 0.1) is 0 Å². The van der Waals surface area contributed by atoms with E-state index in [0.29, 0.717) is 0 Å². The molecule has 1 nitrogen and oxygen atoms in total. The van der Waals surface area contributed by atoms with Crippen LogP contribution in [0, 0.1) is 13.8 Å². The minimum Gasteiger partial charge on any atom is -0.0939 e. The summed E-state index contributed by atoms with van der Waals surface area (Å²) in [5, 5.41) is 0. The first kappa shape index (κ1) is 12.1. The predicted octanol–water partition coefficient (Wildman–Crippen LogP) is 3.85. The second kappa shape index (κ2) is 4.46. The lowest BCUT2D eigenvalue weighted by atomic mass is 10.2. The van der Waals surface area contributed by atoms with Crippen LogP contribution in [0.1, 0.15) is 11.1 Å². The van der Waals surface area contributed by atoms with Gasteiger partial charge in [-0.15, -0.1) is 0 Å². The molecular weight excluding hydrogens is 228 g/mol. The van der Waals surface area contributed by atoms with Gasteiger partial charge in [-0.05, 0) is 38.1 Å². The van der Waals surface area contributed by atoms with E-state index >= 15 is 0 Å². The Morgan fingerprint density at radius 1 is 0.706 bits per heavy atom. The summed E-state index contributed by atoms with van der Waals surface area (Å²) in [6, 6.07) is 15.8. The van der Waals surface area contributed by atoms with Crippen molar-refractivity contribution in [1.82, 2.24) is 0 Å². The van der Waals surface area contributed by atoms with Gasteiger partial charge in [-0.1, -0.05) is 39.6 Å². The first-order valence-corrected chi connectivity index (χ1v) is 7.59. The first-order chi connectivity index (χ1) is 8.00. The molecule has 0 aromatic heterocycles. The van der Waals surface area contributed by atoms with Crippen molar-refractivity contribution in [2.45, 2.75) is 23.6 Å². The van der Waals surface area contributed by atoms with Gasteiger partial charge in [0, 0.05) is 0 Å². The molecule has 0 radical (unpaired) electrons. The normalized spacial score (nSPS) is 11.5. The van der Waals surface area contributed by atoms with Crippen LogP contribution in [0.15, 0.2) is 58.3 Å². The van der Waals surface area contributed by atoms with Crippen LogP contribution in [-0.4, -0.2) is 6.26 Å². The van der Waals surface area contributed by atoms with Crippen LogP contribution in [0.25, 0.3) is 0 Å². The van der Waals surface area contributed by atoms with Crippen molar-refractivity contribution in [1.29, 1.82) is 0 Å². The van der Waals surface area contributed by atoms with Gasteiger partial charge in [0.2, 0.25) is 0 Å². The largest absolute Gasteiger partial charge is 0.163 e. The maximum absolute atomic E-state index is 12.8. The number of aryl methyl sites for hydroxylation is 2. The van der Waals surface area contributed by atoms with Crippen LogP contribution in [0.4, 0.5) is 0 Å². The zero-order valence-corrected chi connectivity index (χ0v) is 11.3. The van der Waals surface area contributed by atoms with Crippen LogP contribution < -0.4 is 0 Å². The standard InChI is InChI=1S/C15H17OS/c1-12-4-8-14(9-5-12)17(3,16)15-10-6-13(2)7-11-15/h4-11H,1-3H3/q+1. The molecule has 0 spiro atoms. The van der Waals surface area contributed by atoms with E-state index < -0.39 is 9.93 Å². The molecule has 0 bridgehead atoms. The van der Waals surface area contributed by atoms with E-state index in [0.717, 1.165) is 9.79 Å². The highest BCUT2D eigenvalue weighted by Crippen LogP contribution is 2.26. The summed E-state index contributed by atoms with van der Waals surface area (Å²) in [4.78, 5) is 1.79. The highest BCUT2D eigenvalue weighted by Gasteiger charge is 2.27. The molecule has 0 saturated carbocycles. The minimum atomic E-state index is -2.12. The molecular formula is C15H17OS+. The zero-order valence-electron chi connectivity index (χ0n) is 10.4. The summed E-state index contributed by atoms with van der Waals surface area (Å²) in [5.41, 5.74) is 2.38.